The number of rotatable bonds is 6. The highest BCUT2D eigenvalue weighted by molar-refractivity contribution is 5.70. The summed E-state index contributed by atoms with van der Waals surface area (Å²) in [6, 6.07) is 5.93. The standard InChI is InChI=1S/C15H20N4O2/c1-12(15(20)21)11-19(9-6-16)13-4-5-14(17-10-13)18-7-2-3-8-18/h4-5,10,12H,2-3,7-9,11H2,1H3,(H,20,21). The Labute approximate surface area is 124 Å². The van der Waals surface area contributed by atoms with Crippen molar-refractivity contribution in [3.05, 3.63) is 18.3 Å². The zero-order valence-electron chi connectivity index (χ0n) is 12.2. The summed E-state index contributed by atoms with van der Waals surface area (Å²) >= 11 is 0. The van der Waals surface area contributed by atoms with E-state index in [-0.39, 0.29) is 6.54 Å². The van der Waals surface area contributed by atoms with Crippen molar-refractivity contribution in [1.29, 1.82) is 5.26 Å². The lowest BCUT2D eigenvalue weighted by molar-refractivity contribution is -0.140. The maximum Gasteiger partial charge on any atom is 0.308 e. The average molecular weight is 288 g/mol. The van der Waals surface area contributed by atoms with E-state index in [1.807, 2.05) is 12.1 Å². The first kappa shape index (κ1) is 15.1. The number of carboxylic acids is 1. The Morgan fingerprint density at radius 2 is 2.24 bits per heavy atom. The van der Waals surface area contributed by atoms with Crippen LogP contribution in [0.15, 0.2) is 18.3 Å². The fourth-order valence-electron chi connectivity index (χ4n) is 2.45. The van der Waals surface area contributed by atoms with Crippen molar-refractivity contribution < 1.29 is 9.90 Å². The molecule has 1 atom stereocenters. The van der Waals surface area contributed by atoms with Crippen LogP contribution < -0.4 is 9.80 Å². The van der Waals surface area contributed by atoms with Crippen LogP contribution in [0.4, 0.5) is 11.5 Å². The zero-order chi connectivity index (χ0) is 15.2. The van der Waals surface area contributed by atoms with Gasteiger partial charge in [-0.1, -0.05) is 6.92 Å². The van der Waals surface area contributed by atoms with Crippen molar-refractivity contribution in [2.45, 2.75) is 19.8 Å². The second-order valence-electron chi connectivity index (χ2n) is 5.35. The Bertz CT molecular complexity index is 517. The number of aliphatic carboxylic acids is 1. The number of pyridine rings is 1. The van der Waals surface area contributed by atoms with Gasteiger partial charge in [0.15, 0.2) is 0 Å². The van der Waals surface area contributed by atoms with Gasteiger partial charge < -0.3 is 14.9 Å². The number of nitriles is 1. The molecule has 1 N–H and O–H groups in total. The number of nitrogens with zero attached hydrogens (tertiary/aromatic N) is 4. The molecule has 0 bridgehead atoms. The van der Waals surface area contributed by atoms with Crippen molar-refractivity contribution >= 4 is 17.5 Å². The largest absolute Gasteiger partial charge is 0.481 e. The Balaban J connectivity index is 2.09. The summed E-state index contributed by atoms with van der Waals surface area (Å²) in [5.74, 6) is -0.448. The third kappa shape index (κ3) is 3.85. The number of carboxylic acid groups (broad SMARTS) is 1. The molecule has 1 aromatic heterocycles. The van der Waals surface area contributed by atoms with Crippen molar-refractivity contribution in [2.75, 3.05) is 36.0 Å². The summed E-state index contributed by atoms with van der Waals surface area (Å²) in [7, 11) is 0. The quantitative estimate of drug-likeness (QED) is 0.803. The van der Waals surface area contributed by atoms with Crippen molar-refractivity contribution in [3.63, 3.8) is 0 Å². The second-order valence-corrected chi connectivity index (χ2v) is 5.35. The number of carbonyl (C=O) groups is 1. The van der Waals surface area contributed by atoms with Gasteiger partial charge in [0.25, 0.3) is 0 Å². The van der Waals surface area contributed by atoms with Crippen LogP contribution in [0, 0.1) is 17.2 Å². The van der Waals surface area contributed by atoms with E-state index in [4.69, 9.17) is 10.4 Å². The molecule has 6 heteroatoms. The second kappa shape index (κ2) is 6.93. The highest BCUT2D eigenvalue weighted by Crippen LogP contribution is 2.21. The molecule has 0 saturated carbocycles. The van der Waals surface area contributed by atoms with Gasteiger partial charge in [-0.15, -0.1) is 0 Å². The summed E-state index contributed by atoms with van der Waals surface area (Å²) in [5, 5.41) is 17.9. The van der Waals surface area contributed by atoms with Gasteiger partial charge in [-0.2, -0.15) is 5.26 Å². The first-order valence-electron chi connectivity index (χ1n) is 7.17. The third-order valence-corrected chi connectivity index (χ3v) is 3.70. The Morgan fingerprint density at radius 1 is 1.52 bits per heavy atom. The van der Waals surface area contributed by atoms with Gasteiger partial charge in [0.05, 0.1) is 23.9 Å². The molecule has 0 aromatic carbocycles. The Hall–Kier alpha value is -2.29. The fourth-order valence-corrected chi connectivity index (χ4v) is 2.45. The van der Waals surface area contributed by atoms with E-state index < -0.39 is 11.9 Å². The summed E-state index contributed by atoms with van der Waals surface area (Å²) in [6.45, 7) is 4.16. The molecule has 1 saturated heterocycles. The average Bonchev–Trinajstić information content (AvgIpc) is 3.01. The summed E-state index contributed by atoms with van der Waals surface area (Å²) in [4.78, 5) is 19.4. The first-order chi connectivity index (χ1) is 10.1. The van der Waals surface area contributed by atoms with E-state index in [1.54, 1.807) is 18.0 Å². The van der Waals surface area contributed by atoms with Crippen molar-refractivity contribution in [1.82, 2.24) is 4.98 Å². The molecule has 0 amide bonds. The van der Waals surface area contributed by atoms with Gasteiger partial charge in [0, 0.05) is 19.6 Å². The Kier molecular flexibility index (Phi) is 4.99. The number of anilines is 2. The van der Waals surface area contributed by atoms with Gasteiger partial charge in [0.1, 0.15) is 12.4 Å². The molecule has 2 heterocycles. The van der Waals surface area contributed by atoms with Crippen LogP contribution in [0.1, 0.15) is 19.8 Å². The van der Waals surface area contributed by atoms with Gasteiger partial charge in [-0.3, -0.25) is 4.79 Å². The molecule has 112 valence electrons. The molecular formula is C15H20N4O2. The summed E-state index contributed by atoms with van der Waals surface area (Å²) in [5.41, 5.74) is 0.785. The van der Waals surface area contributed by atoms with E-state index >= 15 is 0 Å². The fraction of sp³-hybridized carbons (Fsp3) is 0.533. The number of hydrogen-bond acceptors (Lipinski definition) is 5. The molecule has 6 nitrogen and oxygen atoms in total. The molecule has 1 aliphatic rings. The first-order valence-corrected chi connectivity index (χ1v) is 7.17. The molecule has 1 unspecified atom stereocenters. The minimum atomic E-state index is -0.861. The maximum atomic E-state index is 11.0. The number of aromatic nitrogens is 1. The van der Waals surface area contributed by atoms with Gasteiger partial charge in [-0.05, 0) is 25.0 Å². The van der Waals surface area contributed by atoms with E-state index in [9.17, 15) is 4.79 Å². The molecule has 0 radical (unpaired) electrons. The monoisotopic (exact) mass is 288 g/mol. The lowest BCUT2D eigenvalue weighted by Gasteiger charge is -2.24. The van der Waals surface area contributed by atoms with Crippen molar-refractivity contribution in [3.8, 4) is 6.07 Å². The third-order valence-electron chi connectivity index (χ3n) is 3.70. The summed E-state index contributed by atoms with van der Waals surface area (Å²) in [6.07, 6.45) is 4.11. The van der Waals surface area contributed by atoms with Crippen LogP contribution in [0.3, 0.4) is 0 Å². The molecule has 0 spiro atoms. The predicted octanol–water partition coefficient (Wildman–Crippen LogP) is 1.73. The zero-order valence-corrected chi connectivity index (χ0v) is 12.2. The lowest BCUT2D eigenvalue weighted by Crippen LogP contribution is -2.32. The van der Waals surface area contributed by atoms with Gasteiger partial charge in [0.2, 0.25) is 0 Å². The van der Waals surface area contributed by atoms with Crippen LogP contribution in [-0.4, -0.2) is 42.2 Å². The minimum Gasteiger partial charge on any atom is -0.481 e. The van der Waals surface area contributed by atoms with Gasteiger partial charge in [-0.25, -0.2) is 4.98 Å². The van der Waals surface area contributed by atoms with Gasteiger partial charge >= 0.3 is 5.97 Å². The van der Waals surface area contributed by atoms with Crippen molar-refractivity contribution in [2.24, 2.45) is 5.92 Å². The molecule has 1 aliphatic heterocycles. The predicted molar refractivity (Wildman–Crippen MR) is 80.3 cm³/mol. The van der Waals surface area contributed by atoms with E-state index in [0.29, 0.717) is 6.54 Å². The minimum absolute atomic E-state index is 0.155. The number of hydrogen-bond donors (Lipinski definition) is 1. The highest BCUT2D eigenvalue weighted by Gasteiger charge is 2.18. The van der Waals surface area contributed by atoms with E-state index in [0.717, 1.165) is 24.6 Å². The molecule has 0 aliphatic carbocycles. The highest BCUT2D eigenvalue weighted by atomic mass is 16.4. The molecule has 2 rings (SSSR count). The summed E-state index contributed by atoms with van der Waals surface area (Å²) < 4.78 is 0. The Morgan fingerprint density at radius 3 is 2.76 bits per heavy atom. The van der Waals surface area contributed by atoms with Crippen LogP contribution >= 0.6 is 0 Å². The molecular weight excluding hydrogens is 268 g/mol. The SMILES string of the molecule is CC(CN(CC#N)c1ccc(N2CCCC2)nc1)C(=O)O. The molecule has 21 heavy (non-hydrogen) atoms. The molecule has 1 aromatic rings. The van der Waals surface area contributed by atoms with Crippen LogP contribution in [0.5, 0.6) is 0 Å². The lowest BCUT2D eigenvalue weighted by atomic mass is 10.1. The van der Waals surface area contributed by atoms with Crippen LogP contribution in [0.25, 0.3) is 0 Å². The smallest absolute Gasteiger partial charge is 0.308 e. The van der Waals surface area contributed by atoms with Crippen LogP contribution in [0.2, 0.25) is 0 Å². The van der Waals surface area contributed by atoms with Crippen LogP contribution in [-0.2, 0) is 4.79 Å². The maximum absolute atomic E-state index is 11.0. The van der Waals surface area contributed by atoms with E-state index in [1.165, 1.54) is 12.8 Å². The van der Waals surface area contributed by atoms with E-state index in [2.05, 4.69) is 16.0 Å². The topological polar surface area (TPSA) is 80.5 Å². The normalized spacial score (nSPS) is 15.5. The molecule has 1 fully saturated rings.